The van der Waals surface area contributed by atoms with Crippen LogP contribution in [0.2, 0.25) is 0 Å². The molecule has 3 heterocycles. The number of piperazine rings is 1. The lowest BCUT2D eigenvalue weighted by atomic mass is 10.0. The largest absolute Gasteiger partial charge is 0.354 e. The van der Waals surface area contributed by atoms with E-state index < -0.39 is 9.84 Å². The molecule has 160 valence electrons. The van der Waals surface area contributed by atoms with Crippen LogP contribution in [0.25, 0.3) is 10.1 Å². The molecule has 0 N–H and O–H groups in total. The third-order valence-electron chi connectivity index (χ3n) is 5.48. The van der Waals surface area contributed by atoms with Gasteiger partial charge in [-0.05, 0) is 50.6 Å². The van der Waals surface area contributed by atoms with E-state index in [4.69, 9.17) is 0 Å². The van der Waals surface area contributed by atoms with Gasteiger partial charge in [-0.1, -0.05) is 28.1 Å². The zero-order valence-corrected chi connectivity index (χ0v) is 20.6. The van der Waals surface area contributed by atoms with Crippen LogP contribution in [-0.2, 0) is 15.6 Å². The average Bonchev–Trinajstić information content (AvgIpc) is 3.12. The van der Waals surface area contributed by atoms with E-state index in [1.807, 2.05) is 36.4 Å². The Balaban J connectivity index is 1.61. The van der Waals surface area contributed by atoms with Crippen LogP contribution in [0.4, 0.5) is 5.82 Å². The van der Waals surface area contributed by atoms with E-state index in [2.05, 4.69) is 51.5 Å². The molecule has 5 nitrogen and oxygen atoms in total. The molecule has 0 aliphatic carbocycles. The third kappa shape index (κ3) is 4.56. The van der Waals surface area contributed by atoms with Crippen LogP contribution in [0, 0.1) is 0 Å². The van der Waals surface area contributed by atoms with Crippen LogP contribution in [0.3, 0.4) is 0 Å². The Labute approximate surface area is 190 Å². The second-order valence-corrected chi connectivity index (χ2v) is 12.9. The minimum Gasteiger partial charge on any atom is -0.354 e. The SMILES string of the molecule is CC(C)(C)N1CCN(c2nccc3sc(S(=O)(=O)Cc4cccc(Br)c4)cc23)CC1. The summed E-state index contributed by atoms with van der Waals surface area (Å²) in [5, 5.41) is 0.930. The highest BCUT2D eigenvalue weighted by Crippen LogP contribution is 2.36. The number of anilines is 1. The number of nitrogens with zero attached hydrogens (tertiary/aromatic N) is 3. The van der Waals surface area contributed by atoms with Gasteiger partial charge in [0.05, 0.1) is 5.75 Å². The van der Waals surface area contributed by atoms with Gasteiger partial charge in [0, 0.05) is 52.5 Å². The van der Waals surface area contributed by atoms with Gasteiger partial charge < -0.3 is 4.90 Å². The molecule has 0 bridgehead atoms. The van der Waals surface area contributed by atoms with Gasteiger partial charge >= 0.3 is 0 Å². The molecule has 0 radical (unpaired) electrons. The molecule has 2 aromatic heterocycles. The van der Waals surface area contributed by atoms with E-state index in [0.29, 0.717) is 4.21 Å². The van der Waals surface area contributed by atoms with Gasteiger partial charge in [-0.3, -0.25) is 4.90 Å². The summed E-state index contributed by atoms with van der Waals surface area (Å²) in [6.07, 6.45) is 1.79. The first-order valence-corrected chi connectivity index (χ1v) is 13.3. The minimum absolute atomic E-state index is 0.00766. The van der Waals surface area contributed by atoms with Gasteiger partial charge in [0.1, 0.15) is 10.0 Å². The Bertz CT molecular complexity index is 1160. The van der Waals surface area contributed by atoms with Crippen LogP contribution in [0.5, 0.6) is 0 Å². The normalized spacial score (nSPS) is 16.3. The lowest BCUT2D eigenvalue weighted by Crippen LogP contribution is -2.53. The lowest BCUT2D eigenvalue weighted by molar-refractivity contribution is 0.128. The maximum Gasteiger partial charge on any atom is 0.191 e. The molecule has 8 heteroatoms. The van der Waals surface area contributed by atoms with Crippen LogP contribution in [0.15, 0.2) is 51.3 Å². The van der Waals surface area contributed by atoms with Gasteiger partial charge in [-0.25, -0.2) is 13.4 Å². The molecule has 0 spiro atoms. The van der Waals surface area contributed by atoms with Crippen LogP contribution in [-0.4, -0.2) is 50.0 Å². The topological polar surface area (TPSA) is 53.5 Å². The number of thiophene rings is 1. The van der Waals surface area contributed by atoms with Crippen molar-refractivity contribution in [1.29, 1.82) is 0 Å². The van der Waals surface area contributed by atoms with Gasteiger partial charge in [0.25, 0.3) is 0 Å². The Kier molecular flexibility index (Phi) is 5.96. The number of aromatic nitrogens is 1. The molecule has 0 unspecified atom stereocenters. The number of rotatable bonds is 4. The van der Waals surface area contributed by atoms with Crippen LogP contribution in [0.1, 0.15) is 26.3 Å². The predicted octanol–water partition coefficient (Wildman–Crippen LogP) is 4.95. The van der Waals surface area contributed by atoms with E-state index in [1.54, 1.807) is 6.20 Å². The minimum atomic E-state index is -3.42. The number of sulfone groups is 1. The van der Waals surface area contributed by atoms with Gasteiger partial charge in [0.15, 0.2) is 9.84 Å². The van der Waals surface area contributed by atoms with E-state index >= 15 is 0 Å². The first kappa shape index (κ1) is 21.7. The van der Waals surface area contributed by atoms with Crippen molar-refractivity contribution in [2.24, 2.45) is 0 Å². The van der Waals surface area contributed by atoms with Crippen molar-refractivity contribution in [3.05, 3.63) is 52.6 Å². The van der Waals surface area contributed by atoms with Crippen molar-refractivity contribution >= 4 is 53.0 Å². The molecule has 4 rings (SSSR count). The van der Waals surface area contributed by atoms with E-state index in [0.717, 1.165) is 52.1 Å². The van der Waals surface area contributed by atoms with E-state index in [-0.39, 0.29) is 11.3 Å². The molecular weight excluding hydrogens is 482 g/mol. The molecule has 1 saturated heterocycles. The zero-order chi connectivity index (χ0) is 21.5. The standard InChI is InChI=1S/C22H26BrN3O2S2/c1-22(2,3)26-11-9-25(10-12-26)21-18-14-20(29-19(18)7-8-24-21)30(27,28)15-16-5-4-6-17(23)13-16/h4-8,13-14H,9-12,15H2,1-3H3. The summed E-state index contributed by atoms with van der Waals surface area (Å²) in [5.74, 6) is 0.882. The van der Waals surface area contributed by atoms with Gasteiger partial charge in [0.2, 0.25) is 0 Å². The fraction of sp³-hybridized carbons (Fsp3) is 0.409. The molecule has 1 aromatic carbocycles. The molecule has 0 saturated carbocycles. The maximum absolute atomic E-state index is 13.1. The number of hydrogen-bond donors (Lipinski definition) is 0. The summed E-state index contributed by atoms with van der Waals surface area (Å²) < 4.78 is 28.4. The third-order valence-corrected chi connectivity index (χ3v) is 9.33. The number of fused-ring (bicyclic) bond motifs is 1. The summed E-state index contributed by atoms with van der Waals surface area (Å²) in [5.41, 5.74) is 0.931. The molecule has 0 atom stereocenters. The second-order valence-electron chi connectivity index (χ2n) is 8.65. The summed E-state index contributed by atoms with van der Waals surface area (Å²) >= 11 is 4.75. The first-order valence-electron chi connectivity index (χ1n) is 9.99. The Morgan fingerprint density at radius 3 is 2.50 bits per heavy atom. The van der Waals surface area contributed by atoms with Crippen LogP contribution < -0.4 is 4.90 Å². The fourth-order valence-corrected chi connectivity index (χ4v) is 7.08. The summed E-state index contributed by atoms with van der Waals surface area (Å²) in [4.78, 5) is 9.38. The lowest BCUT2D eigenvalue weighted by Gasteiger charge is -2.42. The monoisotopic (exact) mass is 507 g/mol. The fourth-order valence-electron chi connectivity index (χ4n) is 3.84. The maximum atomic E-state index is 13.1. The van der Waals surface area contributed by atoms with Gasteiger partial charge in [-0.2, -0.15) is 0 Å². The van der Waals surface area contributed by atoms with Crippen molar-refractivity contribution in [2.75, 3.05) is 31.1 Å². The first-order chi connectivity index (χ1) is 14.1. The molecule has 0 amide bonds. The zero-order valence-electron chi connectivity index (χ0n) is 17.4. The summed E-state index contributed by atoms with van der Waals surface area (Å²) in [6, 6.07) is 11.2. The molecular formula is C22H26BrN3O2S2. The molecule has 30 heavy (non-hydrogen) atoms. The van der Waals surface area contributed by atoms with Crippen molar-refractivity contribution in [3.63, 3.8) is 0 Å². The Hall–Kier alpha value is -1.48. The smallest absolute Gasteiger partial charge is 0.191 e. The van der Waals surface area contributed by atoms with Crippen molar-refractivity contribution < 1.29 is 8.42 Å². The molecule has 3 aromatic rings. The van der Waals surface area contributed by atoms with Crippen molar-refractivity contribution in [2.45, 2.75) is 36.3 Å². The van der Waals surface area contributed by atoms with Gasteiger partial charge in [-0.15, -0.1) is 11.3 Å². The van der Waals surface area contributed by atoms with E-state index in [9.17, 15) is 8.42 Å². The number of pyridine rings is 1. The second kappa shape index (κ2) is 8.22. The highest BCUT2D eigenvalue weighted by atomic mass is 79.9. The highest BCUT2D eigenvalue weighted by molar-refractivity contribution is 9.10. The quantitative estimate of drug-likeness (QED) is 0.499. The Morgan fingerprint density at radius 1 is 1.10 bits per heavy atom. The van der Waals surface area contributed by atoms with Crippen molar-refractivity contribution in [1.82, 2.24) is 9.88 Å². The highest BCUT2D eigenvalue weighted by Gasteiger charge is 2.28. The number of hydrogen-bond acceptors (Lipinski definition) is 6. The van der Waals surface area contributed by atoms with Crippen LogP contribution >= 0.6 is 27.3 Å². The predicted molar refractivity (Wildman–Crippen MR) is 128 cm³/mol. The molecule has 1 fully saturated rings. The van der Waals surface area contributed by atoms with E-state index in [1.165, 1.54) is 11.3 Å². The average molecular weight is 509 g/mol. The summed E-state index contributed by atoms with van der Waals surface area (Å²) in [7, 11) is -3.42. The molecule has 1 aliphatic heterocycles. The molecule has 1 aliphatic rings. The van der Waals surface area contributed by atoms with Crippen molar-refractivity contribution in [3.8, 4) is 0 Å². The Morgan fingerprint density at radius 2 is 1.83 bits per heavy atom. The number of halogens is 1. The summed E-state index contributed by atoms with van der Waals surface area (Å²) in [6.45, 7) is 10.4. The number of benzene rings is 1.